The third-order valence-corrected chi connectivity index (χ3v) is 6.06. The van der Waals surface area contributed by atoms with Crippen LogP contribution in [-0.2, 0) is 20.7 Å². The number of thiophene rings is 1. The van der Waals surface area contributed by atoms with Crippen molar-refractivity contribution in [2.24, 2.45) is 0 Å². The van der Waals surface area contributed by atoms with Crippen molar-refractivity contribution < 1.29 is 28.8 Å². The van der Waals surface area contributed by atoms with Crippen LogP contribution in [0.15, 0.2) is 0 Å². The van der Waals surface area contributed by atoms with E-state index >= 15 is 0 Å². The molecule has 0 saturated carbocycles. The molecule has 0 bridgehead atoms. The maximum Gasteiger partial charge on any atom is 0.410 e. The van der Waals surface area contributed by atoms with Gasteiger partial charge in [0, 0.05) is 4.88 Å². The maximum atomic E-state index is 12.6. The number of hydrogen-bond acceptors (Lipinski definition) is 6. The Morgan fingerprint density at radius 1 is 1.11 bits per heavy atom. The van der Waals surface area contributed by atoms with E-state index in [4.69, 9.17) is 9.47 Å². The molecule has 9 heteroatoms. The number of ether oxygens (including phenoxy) is 2. The predicted octanol–water partition coefficient (Wildman–Crippen LogP) is 1.09. The summed E-state index contributed by atoms with van der Waals surface area (Å²) in [7, 11) is 0. The summed E-state index contributed by atoms with van der Waals surface area (Å²) in [6, 6.07) is 0. The van der Waals surface area contributed by atoms with Crippen LogP contribution in [0.5, 0.6) is 0 Å². The first-order valence-electron chi connectivity index (χ1n) is 9.75. The molecule has 0 radical (unpaired) electrons. The molecule has 0 aliphatic carbocycles. The summed E-state index contributed by atoms with van der Waals surface area (Å²) >= 11 is 1.43. The Balaban J connectivity index is 1.97. The van der Waals surface area contributed by atoms with Crippen LogP contribution in [0.25, 0.3) is 0 Å². The highest BCUT2D eigenvalue weighted by atomic mass is 32.1. The molecule has 1 aliphatic heterocycles. The smallest absolute Gasteiger partial charge is 0.410 e. The highest BCUT2D eigenvalue weighted by Gasteiger charge is 2.27. The molecular formula is C19H30N3O5S+. The number of nitrogens with one attached hydrogen (secondary N) is 2. The van der Waals surface area contributed by atoms with E-state index in [2.05, 4.69) is 5.32 Å². The summed E-state index contributed by atoms with van der Waals surface area (Å²) in [6.07, 6.45) is 0.492. The van der Waals surface area contributed by atoms with Gasteiger partial charge in [0.15, 0.2) is 6.54 Å². The summed E-state index contributed by atoms with van der Waals surface area (Å²) < 4.78 is 10.2. The van der Waals surface area contributed by atoms with Crippen molar-refractivity contribution in [3.05, 3.63) is 16.0 Å². The normalized spacial score (nSPS) is 14.6. The fourth-order valence-corrected chi connectivity index (χ4v) is 4.38. The lowest BCUT2D eigenvalue weighted by molar-refractivity contribution is -0.895. The van der Waals surface area contributed by atoms with E-state index in [1.54, 1.807) is 18.7 Å². The molecule has 0 atom stereocenters. The van der Waals surface area contributed by atoms with E-state index in [1.165, 1.54) is 11.3 Å². The number of anilines is 1. The van der Waals surface area contributed by atoms with Gasteiger partial charge in [0.2, 0.25) is 0 Å². The van der Waals surface area contributed by atoms with Crippen molar-refractivity contribution in [2.45, 2.75) is 34.1 Å². The van der Waals surface area contributed by atoms with Gasteiger partial charge in [0.25, 0.3) is 5.91 Å². The fourth-order valence-electron chi connectivity index (χ4n) is 3.23. The Labute approximate surface area is 169 Å². The molecule has 2 N–H and O–H groups in total. The van der Waals surface area contributed by atoms with E-state index in [1.807, 2.05) is 13.8 Å². The van der Waals surface area contributed by atoms with Gasteiger partial charge < -0.3 is 19.7 Å². The summed E-state index contributed by atoms with van der Waals surface area (Å²) in [5.41, 5.74) is 1.33. The molecule has 0 spiro atoms. The van der Waals surface area contributed by atoms with Gasteiger partial charge in [-0.15, -0.1) is 11.3 Å². The van der Waals surface area contributed by atoms with Crippen molar-refractivity contribution in [1.29, 1.82) is 0 Å². The minimum Gasteiger partial charge on any atom is -0.462 e. The molecular weight excluding hydrogens is 382 g/mol. The van der Waals surface area contributed by atoms with Crippen molar-refractivity contribution in [1.82, 2.24) is 4.90 Å². The number of esters is 1. The zero-order chi connectivity index (χ0) is 20.7. The molecule has 2 heterocycles. The van der Waals surface area contributed by atoms with Crippen LogP contribution in [0, 0.1) is 6.92 Å². The molecule has 156 valence electrons. The molecule has 1 aromatic rings. The second kappa shape index (κ2) is 10.4. The average Bonchev–Trinajstić information content (AvgIpc) is 2.97. The predicted molar refractivity (Wildman–Crippen MR) is 107 cm³/mol. The molecule has 2 amide bonds. The van der Waals surface area contributed by atoms with Gasteiger partial charge >= 0.3 is 12.1 Å². The Morgan fingerprint density at radius 2 is 1.75 bits per heavy atom. The number of amides is 2. The molecule has 0 unspecified atom stereocenters. The van der Waals surface area contributed by atoms with E-state index in [0.29, 0.717) is 43.4 Å². The lowest BCUT2D eigenvalue weighted by Crippen LogP contribution is -3.15. The van der Waals surface area contributed by atoms with Crippen LogP contribution >= 0.6 is 11.3 Å². The van der Waals surface area contributed by atoms with Crippen LogP contribution in [0.2, 0.25) is 0 Å². The van der Waals surface area contributed by atoms with Gasteiger partial charge in [-0.05, 0) is 32.8 Å². The first kappa shape index (κ1) is 22.2. The van der Waals surface area contributed by atoms with Gasteiger partial charge in [-0.3, -0.25) is 9.69 Å². The number of carbonyl (C=O) groups excluding carboxylic acids is 3. The number of quaternary nitrogens is 1. The van der Waals surface area contributed by atoms with Gasteiger partial charge in [0.1, 0.15) is 5.00 Å². The monoisotopic (exact) mass is 412 g/mol. The fraction of sp³-hybridized carbons (Fsp3) is 0.632. The quantitative estimate of drug-likeness (QED) is 0.655. The summed E-state index contributed by atoms with van der Waals surface area (Å²) in [5.74, 6) is -0.546. The topological polar surface area (TPSA) is 89.4 Å². The minimum absolute atomic E-state index is 0.144. The maximum absolute atomic E-state index is 12.6. The molecule has 1 saturated heterocycles. The second-order valence-electron chi connectivity index (χ2n) is 6.59. The van der Waals surface area contributed by atoms with E-state index < -0.39 is 5.97 Å². The molecule has 8 nitrogen and oxygen atoms in total. The molecule has 28 heavy (non-hydrogen) atoms. The Morgan fingerprint density at radius 3 is 2.32 bits per heavy atom. The number of carbonyl (C=O) groups is 3. The van der Waals surface area contributed by atoms with Crippen LogP contribution in [0.4, 0.5) is 9.80 Å². The van der Waals surface area contributed by atoms with Crippen LogP contribution < -0.4 is 10.2 Å². The molecule has 1 aromatic heterocycles. The molecule has 1 aliphatic rings. The Bertz CT molecular complexity index is 711. The third-order valence-electron chi connectivity index (χ3n) is 4.71. The third kappa shape index (κ3) is 5.45. The number of nitrogens with zero attached hydrogens (tertiary/aromatic N) is 1. The van der Waals surface area contributed by atoms with Gasteiger partial charge in [-0.25, -0.2) is 9.59 Å². The standard InChI is InChI=1S/C19H29N3O5S/c1-5-14-13(4)16(18(24)26-6-2)17(28-14)20-15(23)12-21-8-10-22(11-9-21)19(25)27-7-3/h5-12H2,1-4H3,(H,20,23)/p+1. The van der Waals surface area contributed by atoms with Crippen LogP contribution in [0.3, 0.4) is 0 Å². The van der Waals surface area contributed by atoms with E-state index in [-0.39, 0.29) is 25.2 Å². The minimum atomic E-state index is -0.401. The van der Waals surface area contributed by atoms with Crippen molar-refractivity contribution in [2.75, 3.05) is 51.3 Å². The number of hydrogen-bond donors (Lipinski definition) is 2. The van der Waals surface area contributed by atoms with Gasteiger partial charge in [-0.2, -0.15) is 0 Å². The van der Waals surface area contributed by atoms with Crippen molar-refractivity contribution in [3.63, 3.8) is 0 Å². The largest absolute Gasteiger partial charge is 0.462 e. The second-order valence-corrected chi connectivity index (χ2v) is 7.69. The highest BCUT2D eigenvalue weighted by molar-refractivity contribution is 7.17. The summed E-state index contributed by atoms with van der Waals surface area (Å²) in [5, 5.41) is 3.46. The summed E-state index contributed by atoms with van der Waals surface area (Å²) in [6.45, 7) is 10.9. The van der Waals surface area contributed by atoms with Crippen molar-refractivity contribution >= 4 is 34.3 Å². The first-order valence-corrected chi connectivity index (χ1v) is 10.6. The average molecular weight is 413 g/mol. The van der Waals surface area contributed by atoms with Crippen LogP contribution in [-0.4, -0.2) is 68.8 Å². The van der Waals surface area contributed by atoms with E-state index in [9.17, 15) is 14.4 Å². The van der Waals surface area contributed by atoms with E-state index in [0.717, 1.165) is 21.8 Å². The lowest BCUT2D eigenvalue weighted by atomic mass is 10.1. The Kier molecular flexibility index (Phi) is 8.25. The molecule has 0 aromatic carbocycles. The molecule has 1 fully saturated rings. The number of piperazine rings is 1. The van der Waals surface area contributed by atoms with Crippen molar-refractivity contribution in [3.8, 4) is 0 Å². The zero-order valence-electron chi connectivity index (χ0n) is 17.1. The van der Waals surface area contributed by atoms with Gasteiger partial charge in [-0.1, -0.05) is 6.92 Å². The number of aryl methyl sites for hydroxylation is 1. The summed E-state index contributed by atoms with van der Waals surface area (Å²) in [4.78, 5) is 40.5. The Hall–Kier alpha value is -2.13. The highest BCUT2D eigenvalue weighted by Crippen LogP contribution is 2.33. The lowest BCUT2D eigenvalue weighted by Gasteiger charge is -2.31. The SMILES string of the molecule is CCOC(=O)c1c(NC(=O)C[NH+]2CCN(C(=O)OCC)CC2)sc(CC)c1C. The van der Waals surface area contributed by atoms with Crippen LogP contribution in [0.1, 0.15) is 41.6 Å². The zero-order valence-corrected chi connectivity index (χ0v) is 17.9. The molecule has 2 rings (SSSR count). The first-order chi connectivity index (χ1) is 13.4. The number of rotatable bonds is 7. The van der Waals surface area contributed by atoms with Gasteiger partial charge in [0.05, 0.1) is 45.0 Å².